The zero-order chi connectivity index (χ0) is 14.4. The molecule has 1 aromatic rings. The molecule has 1 aliphatic heterocycles. The fourth-order valence-corrected chi connectivity index (χ4v) is 2.93. The molecule has 0 spiro atoms. The van der Waals surface area contributed by atoms with Crippen molar-refractivity contribution in [3.63, 3.8) is 0 Å². The molecule has 1 saturated heterocycles. The number of aliphatic hydroxyl groups is 1. The Kier molecular flexibility index (Phi) is 5.86. The molecule has 3 nitrogen and oxygen atoms in total. The van der Waals surface area contributed by atoms with E-state index in [2.05, 4.69) is 48.3 Å². The molecule has 1 heterocycles. The molecule has 2 N–H and O–H groups in total. The zero-order valence-electron chi connectivity index (χ0n) is 12.8. The molecule has 0 saturated carbocycles. The minimum absolute atomic E-state index is 0.245. The summed E-state index contributed by atoms with van der Waals surface area (Å²) in [5.74, 6) is 0. The monoisotopic (exact) mass is 276 g/mol. The van der Waals surface area contributed by atoms with Gasteiger partial charge in [-0.1, -0.05) is 12.1 Å². The van der Waals surface area contributed by atoms with Crippen molar-refractivity contribution in [2.45, 2.75) is 51.6 Å². The van der Waals surface area contributed by atoms with Gasteiger partial charge in [0.15, 0.2) is 0 Å². The average Bonchev–Trinajstić information content (AvgIpc) is 2.48. The van der Waals surface area contributed by atoms with Crippen molar-refractivity contribution >= 4 is 5.69 Å². The number of nitrogens with one attached hydrogen (secondary N) is 1. The van der Waals surface area contributed by atoms with Crippen molar-refractivity contribution < 1.29 is 5.11 Å². The maximum atomic E-state index is 8.96. The van der Waals surface area contributed by atoms with Crippen LogP contribution in [0.25, 0.3) is 0 Å². The standard InChI is InChI=1S/C17H28N2O/c1-14(10-13-20)18-15(2)16-6-8-17(9-7-16)19-11-4-3-5-12-19/h6-9,14-15,18,20H,3-5,10-13H2,1-2H3/t14-,15?/m1/s1. The summed E-state index contributed by atoms with van der Waals surface area (Å²) in [6.45, 7) is 6.94. The Morgan fingerprint density at radius 3 is 2.35 bits per heavy atom. The van der Waals surface area contributed by atoms with Crippen LogP contribution in [0, 0.1) is 0 Å². The largest absolute Gasteiger partial charge is 0.396 e. The second kappa shape index (κ2) is 7.65. The van der Waals surface area contributed by atoms with Gasteiger partial charge < -0.3 is 15.3 Å². The van der Waals surface area contributed by atoms with E-state index in [9.17, 15) is 0 Å². The molecule has 0 amide bonds. The Morgan fingerprint density at radius 1 is 1.10 bits per heavy atom. The SMILES string of the molecule is CC(N[C@H](C)CCO)c1ccc(N2CCCCC2)cc1. The number of nitrogens with zero attached hydrogens (tertiary/aromatic N) is 1. The van der Waals surface area contributed by atoms with Gasteiger partial charge in [0.05, 0.1) is 0 Å². The fraction of sp³-hybridized carbons (Fsp3) is 0.647. The van der Waals surface area contributed by atoms with Crippen LogP contribution in [0.15, 0.2) is 24.3 Å². The van der Waals surface area contributed by atoms with Crippen molar-refractivity contribution in [1.29, 1.82) is 0 Å². The molecule has 1 unspecified atom stereocenters. The molecule has 3 heteroatoms. The van der Waals surface area contributed by atoms with Crippen LogP contribution < -0.4 is 10.2 Å². The number of benzene rings is 1. The molecule has 1 aromatic carbocycles. The Bertz CT molecular complexity index is 384. The fourth-order valence-electron chi connectivity index (χ4n) is 2.93. The van der Waals surface area contributed by atoms with Crippen LogP contribution in [-0.4, -0.2) is 30.8 Å². The first-order valence-electron chi connectivity index (χ1n) is 7.92. The summed E-state index contributed by atoms with van der Waals surface area (Å²) in [4.78, 5) is 2.49. The van der Waals surface area contributed by atoms with Crippen LogP contribution in [0.4, 0.5) is 5.69 Å². The number of anilines is 1. The zero-order valence-corrected chi connectivity index (χ0v) is 12.8. The first-order valence-corrected chi connectivity index (χ1v) is 7.92. The summed E-state index contributed by atoms with van der Waals surface area (Å²) in [7, 11) is 0. The van der Waals surface area contributed by atoms with E-state index in [0.29, 0.717) is 12.1 Å². The molecule has 1 fully saturated rings. The summed E-state index contributed by atoms with van der Waals surface area (Å²) >= 11 is 0. The van der Waals surface area contributed by atoms with Crippen LogP contribution in [0.2, 0.25) is 0 Å². The van der Waals surface area contributed by atoms with Crippen LogP contribution in [0.1, 0.15) is 51.1 Å². The Labute approximate surface area is 123 Å². The smallest absolute Gasteiger partial charge is 0.0445 e. The third-order valence-corrected chi connectivity index (χ3v) is 4.21. The number of hydrogen-bond donors (Lipinski definition) is 2. The third-order valence-electron chi connectivity index (χ3n) is 4.21. The Morgan fingerprint density at radius 2 is 1.75 bits per heavy atom. The van der Waals surface area contributed by atoms with Gasteiger partial charge >= 0.3 is 0 Å². The predicted octanol–water partition coefficient (Wildman–Crippen LogP) is 3.10. The van der Waals surface area contributed by atoms with Gasteiger partial charge in [-0.15, -0.1) is 0 Å². The quantitative estimate of drug-likeness (QED) is 0.838. The third kappa shape index (κ3) is 4.22. The van der Waals surface area contributed by atoms with Crippen molar-refractivity contribution in [2.24, 2.45) is 0 Å². The predicted molar refractivity (Wildman–Crippen MR) is 85.2 cm³/mol. The van der Waals surface area contributed by atoms with Crippen molar-refractivity contribution in [1.82, 2.24) is 5.32 Å². The minimum atomic E-state index is 0.245. The highest BCUT2D eigenvalue weighted by atomic mass is 16.3. The van der Waals surface area contributed by atoms with E-state index in [1.165, 1.54) is 43.6 Å². The van der Waals surface area contributed by atoms with Gasteiger partial charge in [0.2, 0.25) is 0 Å². The molecule has 2 atom stereocenters. The average molecular weight is 276 g/mol. The maximum absolute atomic E-state index is 8.96. The van der Waals surface area contributed by atoms with Crippen molar-refractivity contribution in [2.75, 3.05) is 24.6 Å². The highest BCUT2D eigenvalue weighted by molar-refractivity contribution is 5.48. The number of rotatable bonds is 6. The molecule has 0 bridgehead atoms. The lowest BCUT2D eigenvalue weighted by atomic mass is 10.0. The van der Waals surface area contributed by atoms with Crippen LogP contribution >= 0.6 is 0 Å². The summed E-state index contributed by atoms with van der Waals surface area (Å²) in [5.41, 5.74) is 2.67. The summed E-state index contributed by atoms with van der Waals surface area (Å²) < 4.78 is 0. The molecule has 2 rings (SSSR count). The molecule has 0 radical (unpaired) electrons. The summed E-state index contributed by atoms with van der Waals surface area (Å²) in [6, 6.07) is 9.62. The summed E-state index contributed by atoms with van der Waals surface area (Å²) in [6.07, 6.45) is 4.81. The summed E-state index contributed by atoms with van der Waals surface area (Å²) in [5, 5.41) is 12.5. The van der Waals surface area contributed by atoms with E-state index in [1.54, 1.807) is 0 Å². The van der Waals surface area contributed by atoms with Gasteiger partial charge in [0.25, 0.3) is 0 Å². The number of hydrogen-bond acceptors (Lipinski definition) is 3. The molecule has 1 aliphatic rings. The van der Waals surface area contributed by atoms with Crippen molar-refractivity contribution in [3.8, 4) is 0 Å². The van der Waals surface area contributed by atoms with E-state index in [1.807, 2.05) is 0 Å². The maximum Gasteiger partial charge on any atom is 0.0445 e. The van der Waals surface area contributed by atoms with Crippen LogP contribution in [-0.2, 0) is 0 Å². The lowest BCUT2D eigenvalue weighted by Gasteiger charge is -2.29. The van der Waals surface area contributed by atoms with E-state index in [0.717, 1.165) is 6.42 Å². The van der Waals surface area contributed by atoms with Gasteiger partial charge in [-0.2, -0.15) is 0 Å². The second-order valence-electron chi connectivity index (χ2n) is 5.94. The topological polar surface area (TPSA) is 35.5 Å². The van der Waals surface area contributed by atoms with Crippen LogP contribution in [0.5, 0.6) is 0 Å². The molecule has 112 valence electrons. The van der Waals surface area contributed by atoms with Gasteiger partial charge in [-0.05, 0) is 57.2 Å². The van der Waals surface area contributed by atoms with Crippen molar-refractivity contribution in [3.05, 3.63) is 29.8 Å². The first-order chi connectivity index (χ1) is 9.70. The van der Waals surface area contributed by atoms with Gasteiger partial charge in [-0.3, -0.25) is 0 Å². The van der Waals surface area contributed by atoms with E-state index in [-0.39, 0.29) is 6.61 Å². The molecular weight excluding hydrogens is 248 g/mol. The van der Waals surface area contributed by atoms with E-state index >= 15 is 0 Å². The molecular formula is C17H28N2O. The minimum Gasteiger partial charge on any atom is -0.396 e. The normalized spacial score (nSPS) is 18.9. The van der Waals surface area contributed by atoms with Gasteiger partial charge in [0, 0.05) is 37.5 Å². The van der Waals surface area contributed by atoms with Gasteiger partial charge in [0.1, 0.15) is 0 Å². The molecule has 20 heavy (non-hydrogen) atoms. The highest BCUT2D eigenvalue weighted by Gasteiger charge is 2.12. The molecule has 0 aromatic heterocycles. The lowest BCUT2D eigenvalue weighted by Crippen LogP contribution is -2.30. The van der Waals surface area contributed by atoms with E-state index < -0.39 is 0 Å². The first kappa shape index (κ1) is 15.3. The highest BCUT2D eigenvalue weighted by Crippen LogP contribution is 2.22. The van der Waals surface area contributed by atoms with Gasteiger partial charge in [-0.25, -0.2) is 0 Å². The Balaban J connectivity index is 1.93. The molecule has 0 aliphatic carbocycles. The van der Waals surface area contributed by atoms with E-state index in [4.69, 9.17) is 5.11 Å². The second-order valence-corrected chi connectivity index (χ2v) is 5.94. The lowest BCUT2D eigenvalue weighted by molar-refractivity contribution is 0.264. The van der Waals surface area contributed by atoms with Crippen LogP contribution in [0.3, 0.4) is 0 Å². The number of piperidine rings is 1. The Hall–Kier alpha value is -1.06. The number of aliphatic hydroxyl groups excluding tert-OH is 1.